The van der Waals surface area contributed by atoms with Crippen LogP contribution in [0.2, 0.25) is 0 Å². The molecule has 1 aromatic rings. The van der Waals surface area contributed by atoms with Gasteiger partial charge in [0.1, 0.15) is 0 Å². The summed E-state index contributed by atoms with van der Waals surface area (Å²) in [6.45, 7) is 29.2. The zero-order valence-electron chi connectivity index (χ0n) is 31.0. The molecule has 46 heavy (non-hydrogen) atoms. The van der Waals surface area contributed by atoms with Crippen molar-refractivity contribution in [1.29, 1.82) is 0 Å². The van der Waals surface area contributed by atoms with Crippen molar-refractivity contribution in [2.24, 2.45) is 16.7 Å². The van der Waals surface area contributed by atoms with E-state index in [1.165, 1.54) is 39.0 Å². The molecule has 2 aliphatic carbocycles. The summed E-state index contributed by atoms with van der Waals surface area (Å²) in [6.07, 6.45) is 11.9. The summed E-state index contributed by atoms with van der Waals surface area (Å²) in [4.78, 5) is 31.3. The van der Waals surface area contributed by atoms with Crippen molar-refractivity contribution in [3.63, 3.8) is 0 Å². The largest absolute Gasteiger partial charge is 0.335 e. The van der Waals surface area contributed by atoms with E-state index in [1.54, 1.807) is 0 Å². The molecule has 4 heteroatoms. The number of likely N-dealkylation sites (tertiary alicyclic amines) is 2. The van der Waals surface area contributed by atoms with Crippen molar-refractivity contribution in [2.75, 3.05) is 13.1 Å². The average Bonchev–Trinajstić information content (AvgIpc) is 3.57. The number of hydrogen-bond donors (Lipinski definition) is 0. The van der Waals surface area contributed by atoms with Crippen LogP contribution in [0, 0.1) is 16.7 Å². The second-order valence-corrected chi connectivity index (χ2v) is 18.5. The van der Waals surface area contributed by atoms with E-state index in [2.05, 4.69) is 129 Å². The standard InChI is InChI=1S/C42H60N2O2/c1-39(2,3)29-19-27(20-30(23-29)40(4,5)6)33-25-36(44-18-14-16-38(44)46)34(26-35(33)43-17-13-15-37(43)45)28-21-31(41(7,8)9)24-32(22-28)42(10,11)12/h19-21,23-24,26,32,36H,13-18,22,25H2,1-12H3. The molecule has 2 saturated heterocycles. The molecule has 4 nitrogen and oxygen atoms in total. The molecule has 2 amide bonds. The first kappa shape index (κ1) is 34.5. The van der Waals surface area contributed by atoms with Crippen LogP contribution in [0.4, 0.5) is 0 Å². The number of allylic oxidation sites excluding steroid dienone is 4. The summed E-state index contributed by atoms with van der Waals surface area (Å²) in [5, 5.41) is 0. The number of rotatable bonds is 4. The lowest BCUT2D eigenvalue weighted by atomic mass is 9.68. The number of hydrogen-bond acceptors (Lipinski definition) is 2. The van der Waals surface area contributed by atoms with Gasteiger partial charge in [-0.15, -0.1) is 0 Å². The minimum absolute atomic E-state index is 0.00879. The fourth-order valence-electron chi connectivity index (χ4n) is 7.43. The molecule has 0 bridgehead atoms. The first-order valence-corrected chi connectivity index (χ1v) is 17.8. The molecule has 5 rings (SSSR count). The van der Waals surface area contributed by atoms with Gasteiger partial charge in [0.15, 0.2) is 0 Å². The second-order valence-electron chi connectivity index (χ2n) is 18.5. The van der Waals surface area contributed by atoms with Crippen molar-refractivity contribution in [1.82, 2.24) is 9.80 Å². The summed E-state index contributed by atoms with van der Waals surface area (Å²) < 4.78 is 0. The SMILES string of the molecule is CC(C)(C)C1=CC(C(C)(C)C)CC(C2=CC(N3CCCC3=O)=C(c3cc(C(C)(C)C)cc(C(C)(C)C)c3)CC2N2CCCC2=O)=C1. The van der Waals surface area contributed by atoms with Crippen LogP contribution < -0.4 is 0 Å². The van der Waals surface area contributed by atoms with E-state index in [0.717, 1.165) is 44.5 Å². The van der Waals surface area contributed by atoms with E-state index < -0.39 is 0 Å². The Kier molecular flexibility index (Phi) is 8.97. The Balaban J connectivity index is 1.79. The molecule has 2 heterocycles. The number of amides is 2. The van der Waals surface area contributed by atoms with Crippen LogP contribution in [0.1, 0.15) is 138 Å². The summed E-state index contributed by atoms with van der Waals surface area (Å²) >= 11 is 0. The van der Waals surface area contributed by atoms with Crippen molar-refractivity contribution in [3.05, 3.63) is 75.5 Å². The van der Waals surface area contributed by atoms with Gasteiger partial charge in [-0.25, -0.2) is 0 Å². The molecule has 2 atom stereocenters. The first-order chi connectivity index (χ1) is 21.1. The van der Waals surface area contributed by atoms with Gasteiger partial charge in [0.05, 0.1) is 6.04 Å². The number of benzene rings is 1. The fraction of sp³-hybridized carbons (Fsp3) is 0.619. The van der Waals surface area contributed by atoms with Crippen LogP contribution in [0.5, 0.6) is 0 Å². The Hall–Kier alpha value is -2.88. The Morgan fingerprint density at radius 1 is 0.674 bits per heavy atom. The van der Waals surface area contributed by atoms with E-state index in [1.807, 2.05) is 0 Å². The smallest absolute Gasteiger partial charge is 0.227 e. The zero-order valence-corrected chi connectivity index (χ0v) is 31.0. The minimum atomic E-state index is -0.0472. The van der Waals surface area contributed by atoms with E-state index >= 15 is 0 Å². The normalized spacial score (nSPS) is 23.7. The molecule has 250 valence electrons. The lowest BCUT2D eigenvalue weighted by molar-refractivity contribution is -0.129. The van der Waals surface area contributed by atoms with Gasteiger partial charge in [0.2, 0.25) is 11.8 Å². The molecule has 0 radical (unpaired) electrons. The van der Waals surface area contributed by atoms with Gasteiger partial charge in [-0.1, -0.05) is 113 Å². The average molecular weight is 625 g/mol. The van der Waals surface area contributed by atoms with Gasteiger partial charge in [-0.3, -0.25) is 9.59 Å². The molecule has 4 aliphatic rings. The Morgan fingerprint density at radius 2 is 1.26 bits per heavy atom. The molecule has 0 saturated carbocycles. The highest BCUT2D eigenvalue weighted by molar-refractivity contribution is 5.87. The lowest BCUT2D eigenvalue weighted by Gasteiger charge is -2.41. The van der Waals surface area contributed by atoms with Crippen LogP contribution in [0.15, 0.2) is 58.8 Å². The summed E-state index contributed by atoms with van der Waals surface area (Å²) in [6, 6.07) is 7.05. The van der Waals surface area contributed by atoms with E-state index in [9.17, 15) is 9.59 Å². The van der Waals surface area contributed by atoms with Crippen LogP contribution in [0.25, 0.3) is 5.57 Å². The first-order valence-electron chi connectivity index (χ1n) is 17.8. The summed E-state index contributed by atoms with van der Waals surface area (Å²) in [5.41, 5.74) is 10.1. The Bertz CT molecular complexity index is 1490. The van der Waals surface area contributed by atoms with Crippen LogP contribution in [0.3, 0.4) is 0 Å². The molecule has 0 spiro atoms. The van der Waals surface area contributed by atoms with Gasteiger partial charge in [0, 0.05) is 31.6 Å². The summed E-state index contributed by atoms with van der Waals surface area (Å²) in [5.74, 6) is 0.852. The monoisotopic (exact) mass is 624 g/mol. The predicted octanol–water partition coefficient (Wildman–Crippen LogP) is 9.90. The van der Waals surface area contributed by atoms with E-state index in [0.29, 0.717) is 18.8 Å². The van der Waals surface area contributed by atoms with Gasteiger partial charge in [0.25, 0.3) is 0 Å². The molecule has 1 aromatic carbocycles. The van der Waals surface area contributed by atoms with E-state index in [-0.39, 0.29) is 39.5 Å². The highest BCUT2D eigenvalue weighted by Gasteiger charge is 2.40. The van der Waals surface area contributed by atoms with Gasteiger partial charge >= 0.3 is 0 Å². The molecule has 2 fully saturated rings. The maximum Gasteiger partial charge on any atom is 0.227 e. The molecular weight excluding hydrogens is 564 g/mol. The third-order valence-electron chi connectivity index (χ3n) is 10.7. The molecule has 2 unspecified atom stereocenters. The number of carbonyl (C=O) groups excluding carboxylic acids is 2. The lowest BCUT2D eigenvalue weighted by Crippen LogP contribution is -2.41. The fourth-order valence-corrected chi connectivity index (χ4v) is 7.43. The predicted molar refractivity (Wildman–Crippen MR) is 192 cm³/mol. The summed E-state index contributed by atoms with van der Waals surface area (Å²) in [7, 11) is 0. The van der Waals surface area contributed by atoms with Crippen molar-refractivity contribution < 1.29 is 9.59 Å². The number of nitrogens with zero attached hydrogens (tertiary/aromatic N) is 2. The maximum atomic E-state index is 13.5. The third kappa shape index (κ3) is 7.02. The van der Waals surface area contributed by atoms with Gasteiger partial charge in [-0.2, -0.15) is 0 Å². The highest BCUT2D eigenvalue weighted by Crippen LogP contribution is 2.48. The molecule has 2 aliphatic heterocycles. The van der Waals surface area contributed by atoms with Crippen LogP contribution in [-0.2, 0) is 20.4 Å². The topological polar surface area (TPSA) is 40.6 Å². The van der Waals surface area contributed by atoms with Crippen LogP contribution >= 0.6 is 0 Å². The number of carbonyl (C=O) groups is 2. The quantitative estimate of drug-likeness (QED) is 0.335. The van der Waals surface area contributed by atoms with Crippen molar-refractivity contribution in [2.45, 2.75) is 138 Å². The Morgan fingerprint density at radius 3 is 1.74 bits per heavy atom. The van der Waals surface area contributed by atoms with Crippen LogP contribution in [-0.4, -0.2) is 40.7 Å². The second kappa shape index (κ2) is 12.0. The maximum absolute atomic E-state index is 13.5. The van der Waals surface area contributed by atoms with Crippen molar-refractivity contribution in [3.8, 4) is 0 Å². The van der Waals surface area contributed by atoms with Gasteiger partial charge < -0.3 is 9.80 Å². The Labute approximate surface area is 280 Å². The minimum Gasteiger partial charge on any atom is -0.335 e. The third-order valence-corrected chi connectivity index (χ3v) is 10.7. The highest BCUT2D eigenvalue weighted by atomic mass is 16.2. The zero-order chi connectivity index (χ0) is 34.0. The molecular formula is C42H60N2O2. The van der Waals surface area contributed by atoms with Gasteiger partial charge in [-0.05, 0) is 98.3 Å². The van der Waals surface area contributed by atoms with E-state index in [4.69, 9.17) is 0 Å². The molecule has 0 aromatic heterocycles. The van der Waals surface area contributed by atoms with Crippen molar-refractivity contribution >= 4 is 17.4 Å². The molecule has 0 N–H and O–H groups in total.